The number of nitro benzene ring substituents is 1. The van der Waals surface area contributed by atoms with Crippen molar-refractivity contribution in [1.29, 1.82) is 0 Å². The van der Waals surface area contributed by atoms with Crippen LogP contribution in [-0.2, 0) is 20.9 Å². The summed E-state index contributed by atoms with van der Waals surface area (Å²) in [6.07, 6.45) is 1.77. The summed E-state index contributed by atoms with van der Waals surface area (Å²) < 4.78 is 5.11. The third-order valence-electron chi connectivity index (χ3n) is 7.22. The average Bonchev–Trinajstić information content (AvgIpc) is 2.88. The summed E-state index contributed by atoms with van der Waals surface area (Å²) in [5.74, 6) is -2.82. The van der Waals surface area contributed by atoms with Crippen LogP contribution in [0.4, 0.5) is 5.69 Å². The van der Waals surface area contributed by atoms with Crippen LogP contribution in [0.15, 0.2) is 77.1 Å². The van der Waals surface area contributed by atoms with Crippen LogP contribution in [0, 0.1) is 10.1 Å². The van der Waals surface area contributed by atoms with Crippen LogP contribution >= 0.6 is 0 Å². The highest BCUT2D eigenvalue weighted by Gasteiger charge is 2.42. The van der Waals surface area contributed by atoms with Gasteiger partial charge in [-0.15, -0.1) is 0 Å². The monoisotopic (exact) mass is 505 g/mol. The first-order valence-corrected chi connectivity index (χ1v) is 12.3. The molecule has 1 saturated heterocycles. The van der Waals surface area contributed by atoms with Crippen molar-refractivity contribution in [3.63, 3.8) is 0 Å². The third kappa shape index (κ3) is 5.27. The van der Waals surface area contributed by atoms with E-state index in [9.17, 15) is 24.8 Å². The van der Waals surface area contributed by atoms with Gasteiger partial charge in [0.05, 0.1) is 29.1 Å². The van der Waals surface area contributed by atoms with Crippen LogP contribution in [0.25, 0.3) is 0 Å². The standard InChI is InChI=1S/C28H31N3O6/c1-18-24(27(32)33)26(21-11-7-12-22(15-21)31(35)36)25(28(34)37-3)19(2)30(18)23-13-8-14-29(17-23)16-20-9-5-4-6-10-20/h4-7,9-12,15,23,26H,8,13-14,16-17H2,1-3H3,(H,32,33). The molecular weight excluding hydrogens is 474 g/mol. The quantitative estimate of drug-likeness (QED) is 0.333. The van der Waals surface area contributed by atoms with E-state index >= 15 is 0 Å². The Labute approximate surface area is 215 Å². The summed E-state index contributed by atoms with van der Waals surface area (Å²) in [5.41, 5.74) is 2.73. The molecule has 2 aromatic rings. The number of likely N-dealkylation sites (tertiary alicyclic amines) is 1. The molecule has 2 aromatic carbocycles. The summed E-state index contributed by atoms with van der Waals surface area (Å²) in [5, 5.41) is 21.8. The Morgan fingerprint density at radius 3 is 2.43 bits per heavy atom. The molecule has 2 atom stereocenters. The Balaban J connectivity index is 1.78. The van der Waals surface area contributed by atoms with E-state index in [1.807, 2.05) is 23.1 Å². The van der Waals surface area contributed by atoms with Crippen LogP contribution in [0.2, 0.25) is 0 Å². The van der Waals surface area contributed by atoms with E-state index in [0.29, 0.717) is 23.5 Å². The average molecular weight is 506 g/mol. The maximum absolute atomic E-state index is 13.1. The number of non-ortho nitro benzene ring substituents is 1. The van der Waals surface area contributed by atoms with Gasteiger partial charge in [0, 0.05) is 42.7 Å². The molecule has 1 fully saturated rings. The maximum atomic E-state index is 13.1. The van der Waals surface area contributed by atoms with Crippen LogP contribution < -0.4 is 0 Å². The summed E-state index contributed by atoms with van der Waals surface area (Å²) >= 11 is 0. The third-order valence-corrected chi connectivity index (χ3v) is 7.22. The molecule has 2 aliphatic heterocycles. The normalized spacial score (nSPS) is 20.7. The van der Waals surface area contributed by atoms with E-state index in [1.165, 1.54) is 30.9 Å². The minimum Gasteiger partial charge on any atom is -0.478 e. The molecule has 2 heterocycles. The lowest BCUT2D eigenvalue weighted by Crippen LogP contribution is -2.48. The number of hydrogen-bond donors (Lipinski definition) is 1. The second kappa shape index (κ2) is 11.0. The Morgan fingerprint density at radius 2 is 1.78 bits per heavy atom. The second-order valence-corrected chi connectivity index (χ2v) is 9.47. The molecule has 0 amide bonds. The van der Waals surface area contributed by atoms with Crippen LogP contribution in [0.3, 0.4) is 0 Å². The number of carboxylic acid groups (broad SMARTS) is 1. The number of nitro groups is 1. The topological polar surface area (TPSA) is 113 Å². The van der Waals surface area contributed by atoms with E-state index in [4.69, 9.17) is 4.74 Å². The first-order valence-electron chi connectivity index (χ1n) is 12.3. The van der Waals surface area contributed by atoms with Gasteiger partial charge in [-0.25, -0.2) is 9.59 Å². The van der Waals surface area contributed by atoms with E-state index in [-0.39, 0.29) is 22.9 Å². The number of piperidine rings is 1. The molecule has 0 spiro atoms. The summed E-state index contributed by atoms with van der Waals surface area (Å²) in [7, 11) is 1.26. The van der Waals surface area contributed by atoms with Gasteiger partial charge in [-0.05, 0) is 44.4 Å². The molecule has 4 rings (SSSR count). The SMILES string of the molecule is COC(=O)C1=C(C)N(C2CCCN(Cc3ccccc3)C2)C(C)=C(C(=O)O)C1c1cccc([N+](=O)[O-])c1. The van der Waals surface area contributed by atoms with Crippen LogP contribution in [0.1, 0.15) is 43.7 Å². The van der Waals surface area contributed by atoms with Gasteiger partial charge >= 0.3 is 11.9 Å². The van der Waals surface area contributed by atoms with E-state index in [0.717, 1.165) is 25.9 Å². The minimum atomic E-state index is -1.18. The number of nitrogens with zero attached hydrogens (tertiary/aromatic N) is 3. The predicted molar refractivity (Wildman–Crippen MR) is 137 cm³/mol. The molecule has 0 saturated carbocycles. The molecule has 1 N–H and O–H groups in total. The van der Waals surface area contributed by atoms with E-state index in [2.05, 4.69) is 17.0 Å². The Bertz CT molecular complexity index is 1270. The van der Waals surface area contributed by atoms with Gasteiger partial charge in [-0.1, -0.05) is 42.5 Å². The smallest absolute Gasteiger partial charge is 0.336 e. The predicted octanol–water partition coefficient (Wildman–Crippen LogP) is 4.46. The van der Waals surface area contributed by atoms with Gasteiger partial charge < -0.3 is 14.7 Å². The fraction of sp³-hybridized carbons (Fsp3) is 0.357. The summed E-state index contributed by atoms with van der Waals surface area (Å²) in [4.78, 5) is 41.0. The lowest BCUT2D eigenvalue weighted by atomic mass is 9.79. The highest BCUT2D eigenvalue weighted by atomic mass is 16.6. The Morgan fingerprint density at radius 1 is 1.08 bits per heavy atom. The lowest BCUT2D eigenvalue weighted by molar-refractivity contribution is -0.384. The summed E-state index contributed by atoms with van der Waals surface area (Å²) in [6, 6.07) is 15.9. The highest BCUT2D eigenvalue weighted by molar-refractivity contribution is 5.99. The number of aliphatic carboxylic acids is 1. The molecule has 2 aliphatic rings. The number of rotatable bonds is 7. The fourth-order valence-corrected chi connectivity index (χ4v) is 5.65. The van der Waals surface area contributed by atoms with Gasteiger partial charge in [0.1, 0.15) is 0 Å². The van der Waals surface area contributed by atoms with Crippen LogP contribution in [-0.4, -0.2) is 58.0 Å². The van der Waals surface area contributed by atoms with Crippen LogP contribution in [0.5, 0.6) is 0 Å². The number of benzene rings is 2. The maximum Gasteiger partial charge on any atom is 0.336 e. The number of hydrogen-bond acceptors (Lipinski definition) is 7. The zero-order valence-electron chi connectivity index (χ0n) is 21.2. The Hall–Kier alpha value is -3.98. The zero-order chi connectivity index (χ0) is 26.7. The van der Waals surface area contributed by atoms with Gasteiger partial charge in [0.25, 0.3) is 5.69 Å². The van der Waals surface area contributed by atoms with Crippen molar-refractivity contribution in [1.82, 2.24) is 9.80 Å². The molecule has 0 aromatic heterocycles. The number of ether oxygens (including phenoxy) is 1. The molecule has 9 heteroatoms. The van der Waals surface area contributed by atoms with Crippen molar-refractivity contribution in [3.8, 4) is 0 Å². The minimum absolute atomic E-state index is 0.0201. The zero-order valence-corrected chi connectivity index (χ0v) is 21.2. The van der Waals surface area contributed by atoms with E-state index < -0.39 is 22.8 Å². The number of carbonyl (C=O) groups excluding carboxylic acids is 1. The number of carbonyl (C=O) groups is 2. The molecule has 0 radical (unpaired) electrons. The molecule has 9 nitrogen and oxygen atoms in total. The number of esters is 1. The first-order chi connectivity index (χ1) is 17.7. The van der Waals surface area contributed by atoms with Crippen molar-refractivity contribution in [2.24, 2.45) is 0 Å². The van der Waals surface area contributed by atoms with Gasteiger partial charge in [0.15, 0.2) is 0 Å². The van der Waals surface area contributed by atoms with Gasteiger partial charge in [0.2, 0.25) is 0 Å². The number of allylic oxidation sites excluding steroid dienone is 2. The first kappa shape index (κ1) is 26.1. The second-order valence-electron chi connectivity index (χ2n) is 9.47. The summed E-state index contributed by atoms with van der Waals surface area (Å²) in [6.45, 7) is 5.96. The molecule has 0 aliphatic carbocycles. The largest absolute Gasteiger partial charge is 0.478 e. The molecule has 37 heavy (non-hydrogen) atoms. The highest BCUT2D eigenvalue weighted by Crippen LogP contribution is 2.44. The number of methoxy groups -OCH3 is 1. The molecular formula is C28H31N3O6. The number of carboxylic acids is 1. The fourth-order valence-electron chi connectivity index (χ4n) is 5.65. The van der Waals surface area contributed by atoms with Crippen molar-refractivity contribution in [2.75, 3.05) is 20.2 Å². The lowest BCUT2D eigenvalue weighted by Gasteiger charge is -2.45. The van der Waals surface area contributed by atoms with Crippen molar-refractivity contribution in [3.05, 3.63) is 98.4 Å². The van der Waals surface area contributed by atoms with E-state index in [1.54, 1.807) is 19.9 Å². The van der Waals surface area contributed by atoms with Crippen molar-refractivity contribution >= 4 is 17.6 Å². The molecule has 0 bridgehead atoms. The van der Waals surface area contributed by atoms with Gasteiger partial charge in [-0.2, -0.15) is 0 Å². The van der Waals surface area contributed by atoms with Gasteiger partial charge in [-0.3, -0.25) is 15.0 Å². The molecule has 194 valence electrons. The van der Waals surface area contributed by atoms with Crippen molar-refractivity contribution in [2.45, 2.75) is 45.2 Å². The molecule has 2 unspecified atom stereocenters. The Kier molecular flexibility index (Phi) is 7.73. The van der Waals surface area contributed by atoms with Crippen molar-refractivity contribution < 1.29 is 24.4 Å².